The molecule has 1 amide bonds. The van der Waals surface area contributed by atoms with Crippen molar-refractivity contribution >= 4 is 29.4 Å². The zero-order valence-corrected chi connectivity index (χ0v) is 20.4. The van der Waals surface area contributed by atoms with Gasteiger partial charge in [0.1, 0.15) is 30.6 Å². The van der Waals surface area contributed by atoms with E-state index < -0.39 is 36.7 Å². The van der Waals surface area contributed by atoms with E-state index in [2.05, 4.69) is 20.1 Å². The van der Waals surface area contributed by atoms with Crippen LogP contribution in [0.25, 0.3) is 5.52 Å². The van der Waals surface area contributed by atoms with Crippen molar-refractivity contribution in [3.05, 3.63) is 24.2 Å². The third-order valence-electron chi connectivity index (χ3n) is 6.59. The molecule has 0 bridgehead atoms. The van der Waals surface area contributed by atoms with Gasteiger partial charge in [-0.25, -0.2) is 14.3 Å². The number of hydrogen-bond donors (Lipinski definition) is 2. The van der Waals surface area contributed by atoms with E-state index in [1.165, 1.54) is 23.9 Å². The fourth-order valence-corrected chi connectivity index (χ4v) is 4.78. The van der Waals surface area contributed by atoms with Gasteiger partial charge in [0.05, 0.1) is 11.8 Å². The molecular weight excluding hydrogens is 486 g/mol. The number of ether oxygens (including phenoxy) is 4. The monoisotopic (exact) mass is 515 g/mol. The van der Waals surface area contributed by atoms with Gasteiger partial charge in [0.15, 0.2) is 5.82 Å². The van der Waals surface area contributed by atoms with Crippen LogP contribution in [0.3, 0.4) is 0 Å². The van der Waals surface area contributed by atoms with E-state index in [4.69, 9.17) is 14.2 Å². The van der Waals surface area contributed by atoms with Crippen LogP contribution in [-0.4, -0.2) is 63.3 Å². The fraction of sp³-hybridized carbons (Fsp3) is 0.583. The zero-order chi connectivity index (χ0) is 26.4. The highest BCUT2D eigenvalue weighted by atomic mass is 16.7. The molecule has 1 saturated carbocycles. The molecule has 1 aliphatic carbocycles. The van der Waals surface area contributed by atoms with Crippen LogP contribution in [0.5, 0.6) is 0 Å². The first-order valence-electron chi connectivity index (χ1n) is 12.2. The molecule has 37 heavy (non-hydrogen) atoms. The van der Waals surface area contributed by atoms with Crippen molar-refractivity contribution in [1.82, 2.24) is 14.6 Å². The van der Waals surface area contributed by atoms with Gasteiger partial charge < -0.3 is 24.1 Å². The Morgan fingerprint density at radius 1 is 1.24 bits per heavy atom. The number of nitriles is 1. The van der Waals surface area contributed by atoms with Gasteiger partial charge in [0.25, 0.3) is 0 Å². The lowest BCUT2D eigenvalue weighted by Gasteiger charge is -2.24. The molecule has 1 aliphatic heterocycles. The number of amides is 1. The molecule has 2 aromatic heterocycles. The highest BCUT2D eigenvalue weighted by Crippen LogP contribution is 2.40. The Morgan fingerprint density at radius 3 is 2.76 bits per heavy atom. The van der Waals surface area contributed by atoms with Crippen molar-refractivity contribution in [3.63, 3.8) is 0 Å². The topological polar surface area (TPSA) is 174 Å². The minimum atomic E-state index is -1.78. The second-order valence-electron chi connectivity index (χ2n) is 9.16. The van der Waals surface area contributed by atoms with Gasteiger partial charge in [-0.15, -0.1) is 0 Å². The normalized spacial score (nSPS) is 23.8. The number of hydrogen-bond acceptors (Lipinski definition) is 11. The molecule has 198 valence electrons. The number of fused-ring (bicyclic) bond motifs is 1. The quantitative estimate of drug-likeness (QED) is 0.389. The van der Waals surface area contributed by atoms with Gasteiger partial charge in [0.2, 0.25) is 12.4 Å². The highest BCUT2D eigenvalue weighted by Gasteiger charge is 2.52. The van der Waals surface area contributed by atoms with E-state index in [0.29, 0.717) is 17.9 Å². The summed E-state index contributed by atoms with van der Waals surface area (Å²) in [6.07, 6.45) is 4.25. The Labute approximate surface area is 212 Å². The lowest BCUT2D eigenvalue weighted by molar-refractivity contribution is -0.151. The zero-order valence-electron chi connectivity index (χ0n) is 20.4. The number of nitrogens with one attached hydrogen (secondary N) is 1. The van der Waals surface area contributed by atoms with Crippen LogP contribution in [0.1, 0.15) is 57.6 Å². The minimum Gasteiger partial charge on any atom is -0.463 e. The van der Waals surface area contributed by atoms with E-state index in [0.717, 1.165) is 32.0 Å². The van der Waals surface area contributed by atoms with Gasteiger partial charge in [-0.1, -0.05) is 19.3 Å². The SMILES string of the molecule is CC(=O)OCOC(=O)Nc1ncnn2c([C@]3(C#N)O[C@@H](COC(=O)CC4CCCCC4)C[C@H]3O)ccc12. The molecule has 0 aromatic carbocycles. The second-order valence-corrected chi connectivity index (χ2v) is 9.16. The molecule has 0 unspecified atom stereocenters. The lowest BCUT2D eigenvalue weighted by atomic mass is 9.87. The van der Waals surface area contributed by atoms with E-state index in [-0.39, 0.29) is 30.5 Å². The van der Waals surface area contributed by atoms with E-state index in [1.54, 1.807) is 6.07 Å². The number of rotatable bonds is 8. The molecule has 2 N–H and O–H groups in total. The first-order chi connectivity index (χ1) is 17.8. The molecular formula is C24H29N5O8. The Morgan fingerprint density at radius 2 is 2.03 bits per heavy atom. The highest BCUT2D eigenvalue weighted by molar-refractivity contribution is 5.88. The first-order valence-corrected chi connectivity index (χ1v) is 12.2. The van der Waals surface area contributed by atoms with Crippen LogP contribution in [0, 0.1) is 17.2 Å². The molecule has 0 spiro atoms. The Bertz CT molecular complexity index is 1190. The van der Waals surface area contributed by atoms with Gasteiger partial charge in [-0.2, -0.15) is 10.4 Å². The molecule has 0 radical (unpaired) electrons. The third-order valence-corrected chi connectivity index (χ3v) is 6.59. The summed E-state index contributed by atoms with van der Waals surface area (Å²) in [5.41, 5.74) is -1.27. The molecule has 2 aliphatic rings. The number of nitrogens with zero attached hydrogens (tertiary/aromatic N) is 4. The van der Waals surface area contributed by atoms with Crippen molar-refractivity contribution in [2.24, 2.45) is 5.92 Å². The molecule has 13 heteroatoms. The predicted octanol–water partition coefficient (Wildman–Crippen LogP) is 2.18. The first kappa shape index (κ1) is 26.3. The number of carbonyl (C=O) groups excluding carboxylic acids is 3. The van der Waals surface area contributed by atoms with Crippen LogP contribution in [0.15, 0.2) is 18.5 Å². The third kappa shape index (κ3) is 5.98. The second kappa shape index (κ2) is 11.5. The Balaban J connectivity index is 1.43. The van der Waals surface area contributed by atoms with E-state index >= 15 is 0 Å². The maximum atomic E-state index is 12.3. The number of carbonyl (C=O) groups is 3. The van der Waals surface area contributed by atoms with Crippen molar-refractivity contribution in [2.75, 3.05) is 18.7 Å². The van der Waals surface area contributed by atoms with Crippen LogP contribution in [0.4, 0.5) is 10.6 Å². The van der Waals surface area contributed by atoms with Gasteiger partial charge >= 0.3 is 18.0 Å². The lowest BCUT2D eigenvalue weighted by Crippen LogP contribution is -2.36. The smallest absolute Gasteiger partial charge is 0.415 e. The summed E-state index contributed by atoms with van der Waals surface area (Å²) < 4.78 is 22.0. The van der Waals surface area contributed by atoms with Gasteiger partial charge in [0, 0.05) is 19.8 Å². The van der Waals surface area contributed by atoms with Crippen LogP contribution in [-0.2, 0) is 34.1 Å². The Hall–Kier alpha value is -3.76. The average molecular weight is 516 g/mol. The summed E-state index contributed by atoms with van der Waals surface area (Å²) in [6, 6.07) is 5.13. The van der Waals surface area contributed by atoms with Crippen molar-refractivity contribution in [2.45, 2.75) is 69.7 Å². The number of aromatic nitrogens is 3. The fourth-order valence-electron chi connectivity index (χ4n) is 4.78. The molecule has 3 heterocycles. The maximum absolute atomic E-state index is 12.3. The van der Waals surface area contributed by atoms with Crippen molar-refractivity contribution < 1.29 is 38.4 Å². The van der Waals surface area contributed by atoms with E-state index in [9.17, 15) is 24.8 Å². The molecule has 1 saturated heterocycles. The van der Waals surface area contributed by atoms with E-state index in [1.807, 2.05) is 6.07 Å². The summed E-state index contributed by atoms with van der Waals surface area (Å²) in [6.45, 7) is 0.526. The molecule has 3 atom stereocenters. The summed E-state index contributed by atoms with van der Waals surface area (Å²) in [7, 11) is 0. The van der Waals surface area contributed by atoms with Crippen LogP contribution >= 0.6 is 0 Å². The number of aliphatic hydroxyl groups is 1. The maximum Gasteiger partial charge on any atom is 0.415 e. The summed E-state index contributed by atoms with van der Waals surface area (Å²) in [5, 5.41) is 27.5. The summed E-state index contributed by atoms with van der Waals surface area (Å²) in [4.78, 5) is 39.2. The molecule has 13 nitrogen and oxygen atoms in total. The number of anilines is 1. The van der Waals surface area contributed by atoms with Gasteiger partial charge in [-0.05, 0) is 30.9 Å². The molecule has 2 fully saturated rings. The van der Waals surface area contributed by atoms with Crippen molar-refractivity contribution in [1.29, 1.82) is 5.26 Å². The Kier molecular flexibility index (Phi) is 8.20. The molecule has 2 aromatic rings. The average Bonchev–Trinajstić information content (AvgIpc) is 3.45. The summed E-state index contributed by atoms with van der Waals surface area (Å²) in [5.74, 6) is -0.523. The minimum absolute atomic E-state index is 0.0582. The van der Waals surface area contributed by atoms with Crippen molar-refractivity contribution in [3.8, 4) is 6.07 Å². The van der Waals surface area contributed by atoms with Crippen LogP contribution in [0.2, 0.25) is 0 Å². The predicted molar refractivity (Wildman–Crippen MR) is 125 cm³/mol. The summed E-state index contributed by atoms with van der Waals surface area (Å²) >= 11 is 0. The van der Waals surface area contributed by atoms with Gasteiger partial charge in [-0.3, -0.25) is 14.9 Å². The molecule has 4 rings (SSSR count). The number of esters is 2. The largest absolute Gasteiger partial charge is 0.463 e. The van der Waals surface area contributed by atoms with Crippen LogP contribution < -0.4 is 5.32 Å². The standard InChI is InChI=1S/C24H29N5O8/c1-15(30)35-14-36-23(33)28-22-18-7-8-19(29(18)27-13-26-22)24(12-25)20(31)10-17(37-24)11-34-21(32)9-16-5-3-2-4-6-16/h7-8,13,16-17,20,31H,2-6,9-11,14H2,1H3,(H,26,27,28,33)/t17-,20-,24+/m1/s1. The number of aliphatic hydroxyl groups excluding tert-OH is 1.